The van der Waals surface area contributed by atoms with Gasteiger partial charge in [0.05, 0.1) is 0 Å². The Morgan fingerprint density at radius 3 is 2.64 bits per heavy atom. The summed E-state index contributed by atoms with van der Waals surface area (Å²) in [4.78, 5) is 15.8. The lowest BCUT2D eigenvalue weighted by molar-refractivity contribution is 0.0463. The number of nitrogens with two attached hydrogens (primary N) is 1. The van der Waals surface area contributed by atoms with Crippen LogP contribution in [0.2, 0.25) is 0 Å². The van der Waals surface area contributed by atoms with Crippen LogP contribution in [-0.4, -0.2) is 82.3 Å². The number of aliphatic hydroxyl groups excluding tert-OH is 1. The highest BCUT2D eigenvalue weighted by atomic mass is 16.3. The number of likely N-dealkylation sites (tertiary alicyclic amines) is 1. The minimum Gasteiger partial charge on any atom is -0.396 e. The molecule has 0 aliphatic carbocycles. The van der Waals surface area contributed by atoms with Gasteiger partial charge in [-0.05, 0) is 52.3 Å². The molecule has 2 aliphatic heterocycles. The van der Waals surface area contributed by atoms with E-state index < -0.39 is 0 Å². The van der Waals surface area contributed by atoms with E-state index in [4.69, 9.17) is 5.73 Å². The Morgan fingerprint density at radius 2 is 2.00 bits per heavy atom. The van der Waals surface area contributed by atoms with Crippen molar-refractivity contribution in [2.75, 3.05) is 50.0 Å². The van der Waals surface area contributed by atoms with Crippen molar-refractivity contribution in [3.63, 3.8) is 0 Å². The number of aromatic nitrogens is 2. The molecular formula is C18H32N6O. The lowest BCUT2D eigenvalue weighted by atomic mass is 9.97. The second-order valence-corrected chi connectivity index (χ2v) is 7.48. The summed E-state index contributed by atoms with van der Waals surface area (Å²) in [5, 5.41) is 9.55. The van der Waals surface area contributed by atoms with Crippen LogP contribution in [0.3, 0.4) is 0 Å². The van der Waals surface area contributed by atoms with Crippen molar-refractivity contribution in [3.8, 4) is 0 Å². The van der Waals surface area contributed by atoms with E-state index in [0.29, 0.717) is 24.1 Å². The number of anilines is 2. The molecule has 0 amide bonds. The molecule has 7 heteroatoms. The van der Waals surface area contributed by atoms with E-state index in [1.165, 1.54) is 25.9 Å². The van der Waals surface area contributed by atoms with Crippen LogP contribution in [0.4, 0.5) is 11.8 Å². The van der Waals surface area contributed by atoms with Crippen molar-refractivity contribution in [3.05, 3.63) is 12.3 Å². The first-order valence-corrected chi connectivity index (χ1v) is 9.52. The van der Waals surface area contributed by atoms with Gasteiger partial charge in [0, 0.05) is 50.6 Å². The smallest absolute Gasteiger partial charge is 0.221 e. The van der Waals surface area contributed by atoms with Gasteiger partial charge in [0.15, 0.2) is 0 Å². The van der Waals surface area contributed by atoms with E-state index in [0.717, 1.165) is 31.9 Å². The fraction of sp³-hybridized carbons (Fsp3) is 0.778. The molecule has 2 fully saturated rings. The molecule has 2 aliphatic rings. The van der Waals surface area contributed by atoms with Gasteiger partial charge in [-0.1, -0.05) is 0 Å². The highest BCUT2D eigenvalue weighted by Gasteiger charge is 2.34. The fourth-order valence-corrected chi connectivity index (χ4v) is 4.24. The maximum atomic E-state index is 9.55. The van der Waals surface area contributed by atoms with Crippen molar-refractivity contribution in [1.29, 1.82) is 0 Å². The first kappa shape index (κ1) is 18.4. The van der Waals surface area contributed by atoms with E-state index in [9.17, 15) is 5.11 Å². The van der Waals surface area contributed by atoms with Crippen LogP contribution in [0.25, 0.3) is 0 Å². The molecule has 1 atom stereocenters. The lowest BCUT2D eigenvalue weighted by Crippen LogP contribution is -2.59. The topological polar surface area (TPSA) is 81.8 Å². The van der Waals surface area contributed by atoms with E-state index in [-0.39, 0.29) is 6.61 Å². The van der Waals surface area contributed by atoms with Gasteiger partial charge in [-0.2, -0.15) is 4.98 Å². The third kappa shape index (κ3) is 4.40. The van der Waals surface area contributed by atoms with Gasteiger partial charge in [0.1, 0.15) is 5.82 Å². The summed E-state index contributed by atoms with van der Waals surface area (Å²) in [7, 11) is 0. The SMILES string of the molecule is CC(C)N1CCC(N2CCN(c3ccnc(N)n3)C[C@H]2CCO)CC1. The molecule has 0 unspecified atom stereocenters. The molecule has 3 N–H and O–H groups in total. The van der Waals surface area contributed by atoms with Crippen LogP contribution in [0, 0.1) is 0 Å². The van der Waals surface area contributed by atoms with Gasteiger partial charge in [-0.15, -0.1) is 0 Å². The molecule has 2 saturated heterocycles. The summed E-state index contributed by atoms with van der Waals surface area (Å²) in [5.74, 6) is 1.21. The largest absolute Gasteiger partial charge is 0.396 e. The van der Waals surface area contributed by atoms with Gasteiger partial charge in [-0.25, -0.2) is 4.98 Å². The first-order chi connectivity index (χ1) is 12.1. The first-order valence-electron chi connectivity index (χ1n) is 9.52. The van der Waals surface area contributed by atoms with Crippen molar-refractivity contribution in [2.45, 2.75) is 51.2 Å². The normalized spacial score (nSPS) is 24.2. The van der Waals surface area contributed by atoms with Crippen molar-refractivity contribution >= 4 is 11.8 Å². The Bertz CT molecular complexity index is 546. The molecule has 7 nitrogen and oxygen atoms in total. The van der Waals surface area contributed by atoms with Crippen LogP contribution in [0.15, 0.2) is 12.3 Å². The van der Waals surface area contributed by atoms with Crippen molar-refractivity contribution < 1.29 is 5.11 Å². The molecule has 0 spiro atoms. The van der Waals surface area contributed by atoms with E-state index in [1.807, 2.05) is 6.07 Å². The average Bonchev–Trinajstić information content (AvgIpc) is 2.62. The highest BCUT2D eigenvalue weighted by Crippen LogP contribution is 2.26. The van der Waals surface area contributed by atoms with Crippen molar-refractivity contribution in [1.82, 2.24) is 19.8 Å². The van der Waals surface area contributed by atoms with Gasteiger partial charge in [-0.3, -0.25) is 4.90 Å². The second kappa shape index (κ2) is 8.29. The maximum absolute atomic E-state index is 9.55. The molecule has 3 rings (SSSR count). The minimum absolute atomic E-state index is 0.228. The molecule has 0 saturated carbocycles. The lowest BCUT2D eigenvalue weighted by Gasteiger charge is -2.48. The number of rotatable bonds is 5. The molecule has 1 aromatic rings. The quantitative estimate of drug-likeness (QED) is 0.815. The van der Waals surface area contributed by atoms with Gasteiger partial charge in [0.25, 0.3) is 0 Å². The minimum atomic E-state index is 0.228. The van der Waals surface area contributed by atoms with Crippen LogP contribution in [-0.2, 0) is 0 Å². The summed E-state index contributed by atoms with van der Waals surface area (Å²) in [6.45, 7) is 9.99. The van der Waals surface area contributed by atoms with Crippen LogP contribution >= 0.6 is 0 Å². The van der Waals surface area contributed by atoms with Crippen molar-refractivity contribution in [2.24, 2.45) is 0 Å². The molecule has 0 radical (unpaired) electrons. The monoisotopic (exact) mass is 348 g/mol. The number of aliphatic hydroxyl groups is 1. The molecule has 25 heavy (non-hydrogen) atoms. The molecule has 0 aromatic carbocycles. The Labute approximate surface area is 150 Å². The van der Waals surface area contributed by atoms with Crippen LogP contribution < -0.4 is 10.6 Å². The zero-order chi connectivity index (χ0) is 17.8. The summed E-state index contributed by atoms with van der Waals surface area (Å²) in [5.41, 5.74) is 5.74. The van der Waals surface area contributed by atoms with Gasteiger partial charge < -0.3 is 20.6 Å². The van der Waals surface area contributed by atoms with E-state index in [1.54, 1.807) is 6.20 Å². The molecular weight excluding hydrogens is 316 g/mol. The summed E-state index contributed by atoms with van der Waals surface area (Å²) >= 11 is 0. The number of nitrogens with zero attached hydrogens (tertiary/aromatic N) is 5. The van der Waals surface area contributed by atoms with Crippen LogP contribution in [0.5, 0.6) is 0 Å². The number of piperazine rings is 1. The summed E-state index contributed by atoms with van der Waals surface area (Å²) in [6, 6.07) is 3.55. The standard InChI is InChI=1S/C18H32N6O/c1-14(2)22-8-4-15(5-9-22)24-11-10-23(13-16(24)6-12-25)17-3-7-20-18(19)21-17/h3,7,14-16,25H,4-6,8-13H2,1-2H3,(H2,19,20,21)/t16-/m1/s1. The third-order valence-corrected chi connectivity index (χ3v) is 5.67. The molecule has 0 bridgehead atoms. The van der Waals surface area contributed by atoms with Gasteiger partial charge in [0.2, 0.25) is 5.95 Å². The Balaban J connectivity index is 1.64. The fourth-order valence-electron chi connectivity index (χ4n) is 4.24. The predicted octanol–water partition coefficient (Wildman–Crippen LogP) is 0.805. The maximum Gasteiger partial charge on any atom is 0.221 e. The zero-order valence-electron chi connectivity index (χ0n) is 15.5. The Kier molecular flexibility index (Phi) is 6.09. The van der Waals surface area contributed by atoms with Crippen LogP contribution in [0.1, 0.15) is 33.1 Å². The van der Waals surface area contributed by atoms with E-state index >= 15 is 0 Å². The molecule has 3 heterocycles. The number of hydrogen-bond donors (Lipinski definition) is 2. The molecule has 140 valence electrons. The summed E-state index contributed by atoms with van der Waals surface area (Å²) < 4.78 is 0. The predicted molar refractivity (Wildman–Crippen MR) is 101 cm³/mol. The van der Waals surface area contributed by atoms with E-state index in [2.05, 4.69) is 38.5 Å². The number of piperidine rings is 1. The number of hydrogen-bond acceptors (Lipinski definition) is 7. The average molecular weight is 348 g/mol. The highest BCUT2D eigenvalue weighted by molar-refractivity contribution is 5.41. The zero-order valence-corrected chi connectivity index (χ0v) is 15.5. The Morgan fingerprint density at radius 1 is 1.24 bits per heavy atom. The Hall–Kier alpha value is -1.44. The van der Waals surface area contributed by atoms with Gasteiger partial charge >= 0.3 is 0 Å². The number of nitrogen functional groups attached to an aromatic ring is 1. The summed E-state index contributed by atoms with van der Waals surface area (Å²) in [6.07, 6.45) is 4.97. The second-order valence-electron chi connectivity index (χ2n) is 7.48. The third-order valence-electron chi connectivity index (χ3n) is 5.67. The molecule has 1 aromatic heterocycles.